The van der Waals surface area contributed by atoms with Gasteiger partial charge in [0.15, 0.2) is 0 Å². The van der Waals surface area contributed by atoms with Crippen LogP contribution in [0.3, 0.4) is 0 Å². The van der Waals surface area contributed by atoms with Crippen LogP contribution in [0.1, 0.15) is 58.8 Å². The Morgan fingerprint density at radius 3 is 2.71 bits per heavy atom. The van der Waals surface area contributed by atoms with Crippen molar-refractivity contribution >= 4 is 5.91 Å². The molecule has 0 spiro atoms. The van der Waals surface area contributed by atoms with E-state index in [0.29, 0.717) is 12.5 Å². The Kier molecular flexibility index (Phi) is 7.25. The second-order valence-corrected chi connectivity index (χ2v) is 5.14. The molecule has 2 N–H and O–H groups in total. The predicted molar refractivity (Wildman–Crippen MR) is 72.0 cm³/mol. The molecule has 0 radical (unpaired) electrons. The molecule has 0 aliphatic heterocycles. The molecule has 0 saturated heterocycles. The first kappa shape index (κ1) is 14.5. The average Bonchev–Trinajstić information content (AvgIpc) is 2.55. The molecular formula is C14H28N2O. The van der Waals surface area contributed by atoms with Crippen molar-refractivity contribution in [1.82, 2.24) is 10.6 Å². The Balaban J connectivity index is 2.12. The van der Waals surface area contributed by atoms with Crippen molar-refractivity contribution in [3.8, 4) is 0 Å². The van der Waals surface area contributed by atoms with Gasteiger partial charge in [0.2, 0.25) is 5.91 Å². The van der Waals surface area contributed by atoms with Crippen LogP contribution in [0.4, 0.5) is 0 Å². The van der Waals surface area contributed by atoms with E-state index >= 15 is 0 Å². The third kappa shape index (κ3) is 6.06. The largest absolute Gasteiger partial charge is 0.356 e. The maximum atomic E-state index is 11.3. The van der Waals surface area contributed by atoms with E-state index in [0.717, 1.165) is 19.0 Å². The van der Waals surface area contributed by atoms with Crippen LogP contribution in [-0.4, -0.2) is 25.0 Å². The van der Waals surface area contributed by atoms with Crippen LogP contribution in [0.15, 0.2) is 0 Å². The topological polar surface area (TPSA) is 41.1 Å². The van der Waals surface area contributed by atoms with Gasteiger partial charge >= 0.3 is 0 Å². The van der Waals surface area contributed by atoms with Crippen LogP contribution in [0.5, 0.6) is 0 Å². The van der Waals surface area contributed by atoms with Crippen molar-refractivity contribution in [2.75, 3.05) is 13.1 Å². The lowest BCUT2D eigenvalue weighted by molar-refractivity contribution is -0.120. The van der Waals surface area contributed by atoms with Gasteiger partial charge in [0.05, 0.1) is 0 Å². The Morgan fingerprint density at radius 2 is 2.00 bits per heavy atom. The SMILES string of the molecule is CCNC(=O)CCNC1CCCC(CC)CC1. The second-order valence-electron chi connectivity index (χ2n) is 5.14. The van der Waals surface area contributed by atoms with Crippen molar-refractivity contribution in [2.45, 2.75) is 64.8 Å². The van der Waals surface area contributed by atoms with Gasteiger partial charge in [-0.15, -0.1) is 0 Å². The fourth-order valence-electron chi connectivity index (χ4n) is 2.67. The van der Waals surface area contributed by atoms with E-state index in [1.165, 1.54) is 38.5 Å². The summed E-state index contributed by atoms with van der Waals surface area (Å²) in [7, 11) is 0. The standard InChI is InChI=1S/C14H28N2O/c1-3-12-6-5-7-13(9-8-12)16-11-10-14(17)15-4-2/h12-13,16H,3-11H2,1-2H3,(H,15,17). The first-order valence-electron chi connectivity index (χ1n) is 7.26. The molecule has 0 bridgehead atoms. The second kappa shape index (κ2) is 8.51. The lowest BCUT2D eigenvalue weighted by Crippen LogP contribution is -2.33. The van der Waals surface area contributed by atoms with Crippen LogP contribution in [0.25, 0.3) is 0 Å². The van der Waals surface area contributed by atoms with E-state index in [1.807, 2.05) is 6.92 Å². The minimum absolute atomic E-state index is 0.167. The lowest BCUT2D eigenvalue weighted by atomic mass is 9.98. The first-order valence-corrected chi connectivity index (χ1v) is 7.26. The van der Waals surface area contributed by atoms with Crippen molar-refractivity contribution in [2.24, 2.45) is 5.92 Å². The van der Waals surface area contributed by atoms with Gasteiger partial charge in [0.25, 0.3) is 0 Å². The molecule has 3 heteroatoms. The number of hydrogen-bond acceptors (Lipinski definition) is 2. The summed E-state index contributed by atoms with van der Waals surface area (Å²) in [6.45, 7) is 5.82. The number of rotatable bonds is 6. The quantitative estimate of drug-likeness (QED) is 0.700. The molecule has 2 unspecified atom stereocenters. The maximum absolute atomic E-state index is 11.3. The van der Waals surface area contributed by atoms with Crippen LogP contribution in [0.2, 0.25) is 0 Å². The number of carbonyl (C=O) groups is 1. The van der Waals surface area contributed by atoms with Crippen molar-refractivity contribution in [1.29, 1.82) is 0 Å². The van der Waals surface area contributed by atoms with Crippen LogP contribution >= 0.6 is 0 Å². The van der Waals surface area contributed by atoms with Gasteiger partial charge in [0.1, 0.15) is 0 Å². The van der Waals surface area contributed by atoms with Crippen molar-refractivity contribution in [3.63, 3.8) is 0 Å². The molecule has 0 aromatic heterocycles. The maximum Gasteiger partial charge on any atom is 0.221 e. The van der Waals surface area contributed by atoms with E-state index in [4.69, 9.17) is 0 Å². The molecule has 1 aliphatic rings. The van der Waals surface area contributed by atoms with Gasteiger partial charge < -0.3 is 10.6 Å². The van der Waals surface area contributed by atoms with E-state index in [9.17, 15) is 4.79 Å². The lowest BCUT2D eigenvalue weighted by Gasteiger charge is -2.16. The molecule has 17 heavy (non-hydrogen) atoms. The molecular weight excluding hydrogens is 212 g/mol. The third-order valence-corrected chi connectivity index (χ3v) is 3.82. The molecule has 0 heterocycles. The molecule has 1 rings (SSSR count). The first-order chi connectivity index (χ1) is 8.26. The molecule has 2 atom stereocenters. The van der Waals surface area contributed by atoms with E-state index in [2.05, 4.69) is 17.6 Å². The molecule has 100 valence electrons. The van der Waals surface area contributed by atoms with Gasteiger partial charge in [-0.2, -0.15) is 0 Å². The molecule has 0 aromatic rings. The molecule has 0 aromatic carbocycles. The van der Waals surface area contributed by atoms with Gasteiger partial charge in [0, 0.05) is 25.6 Å². The fraction of sp³-hybridized carbons (Fsp3) is 0.929. The summed E-state index contributed by atoms with van der Waals surface area (Å²) in [6, 6.07) is 0.640. The van der Waals surface area contributed by atoms with Gasteiger partial charge in [-0.25, -0.2) is 0 Å². The highest BCUT2D eigenvalue weighted by atomic mass is 16.1. The van der Waals surface area contributed by atoms with Crippen molar-refractivity contribution in [3.05, 3.63) is 0 Å². The van der Waals surface area contributed by atoms with Crippen molar-refractivity contribution < 1.29 is 4.79 Å². The van der Waals surface area contributed by atoms with Crippen LogP contribution in [-0.2, 0) is 4.79 Å². The normalized spacial score (nSPS) is 25.3. The Labute approximate surface area is 106 Å². The third-order valence-electron chi connectivity index (χ3n) is 3.82. The smallest absolute Gasteiger partial charge is 0.221 e. The summed E-state index contributed by atoms with van der Waals surface area (Å²) < 4.78 is 0. The number of carbonyl (C=O) groups excluding carboxylic acids is 1. The average molecular weight is 240 g/mol. The molecule has 1 aliphatic carbocycles. The monoisotopic (exact) mass is 240 g/mol. The highest BCUT2D eigenvalue weighted by Crippen LogP contribution is 2.25. The highest BCUT2D eigenvalue weighted by Gasteiger charge is 2.17. The van der Waals surface area contributed by atoms with E-state index in [-0.39, 0.29) is 5.91 Å². The summed E-state index contributed by atoms with van der Waals surface area (Å²) in [5.74, 6) is 1.10. The van der Waals surface area contributed by atoms with Crippen LogP contribution in [0, 0.1) is 5.92 Å². The zero-order valence-corrected chi connectivity index (χ0v) is 11.4. The highest BCUT2D eigenvalue weighted by molar-refractivity contribution is 5.75. The fourth-order valence-corrected chi connectivity index (χ4v) is 2.67. The summed E-state index contributed by atoms with van der Waals surface area (Å²) >= 11 is 0. The molecule has 3 nitrogen and oxygen atoms in total. The zero-order valence-electron chi connectivity index (χ0n) is 11.4. The van der Waals surface area contributed by atoms with Gasteiger partial charge in [-0.3, -0.25) is 4.79 Å². The number of nitrogens with one attached hydrogen (secondary N) is 2. The predicted octanol–water partition coefficient (Wildman–Crippen LogP) is 2.46. The Morgan fingerprint density at radius 1 is 1.18 bits per heavy atom. The summed E-state index contributed by atoms with van der Waals surface area (Å²) in [5, 5.41) is 6.37. The van der Waals surface area contributed by atoms with Gasteiger partial charge in [-0.1, -0.05) is 26.2 Å². The van der Waals surface area contributed by atoms with E-state index in [1.54, 1.807) is 0 Å². The molecule has 1 fully saturated rings. The Bertz CT molecular complexity index is 218. The molecule has 1 amide bonds. The Hall–Kier alpha value is -0.570. The van der Waals surface area contributed by atoms with E-state index < -0.39 is 0 Å². The zero-order chi connectivity index (χ0) is 12.5. The minimum Gasteiger partial charge on any atom is -0.356 e. The molecule has 1 saturated carbocycles. The number of hydrogen-bond donors (Lipinski definition) is 2. The number of amides is 1. The summed E-state index contributed by atoms with van der Waals surface area (Å²) in [4.78, 5) is 11.3. The summed E-state index contributed by atoms with van der Waals surface area (Å²) in [6.07, 6.45) is 8.60. The van der Waals surface area contributed by atoms with Gasteiger partial charge in [-0.05, 0) is 32.1 Å². The summed E-state index contributed by atoms with van der Waals surface area (Å²) in [5.41, 5.74) is 0. The van der Waals surface area contributed by atoms with Crippen LogP contribution < -0.4 is 10.6 Å². The minimum atomic E-state index is 0.167.